The number of para-hydroxylation sites is 1. The summed E-state index contributed by atoms with van der Waals surface area (Å²) < 4.78 is 12.8. The molecule has 2 aromatic heterocycles. The molecule has 0 unspecified atom stereocenters. The van der Waals surface area contributed by atoms with Crippen molar-refractivity contribution < 1.29 is 14.6 Å². The normalized spacial score (nSPS) is 11.3. The molecular weight excluding hydrogens is 372 g/mol. The number of nitrogens with zero attached hydrogens (tertiary/aromatic N) is 2. The molecule has 4 rings (SSSR count). The number of methoxy groups -OCH3 is 1. The highest BCUT2D eigenvalue weighted by Gasteiger charge is 2.20. The molecule has 2 heterocycles. The average Bonchev–Trinajstić information content (AvgIpc) is 3.05. The number of nitrogens with two attached hydrogens (primary N) is 1. The number of nitrogens with one attached hydrogen (secondary N) is 1. The van der Waals surface area contributed by atoms with Crippen molar-refractivity contribution in [3.05, 3.63) is 52.3 Å². The first-order valence-electron chi connectivity index (χ1n) is 9.27. The number of aromatic nitrogens is 3. The molecule has 0 spiro atoms. The van der Waals surface area contributed by atoms with Gasteiger partial charge in [-0.25, -0.2) is 4.68 Å². The van der Waals surface area contributed by atoms with Crippen molar-refractivity contribution in [2.24, 2.45) is 0 Å². The minimum atomic E-state index is -0.334. The van der Waals surface area contributed by atoms with Crippen molar-refractivity contribution in [2.45, 2.75) is 13.3 Å². The van der Waals surface area contributed by atoms with Crippen LogP contribution in [0.4, 0.5) is 5.82 Å². The second-order valence-corrected chi connectivity index (χ2v) is 6.73. The number of H-pyrrole nitrogens is 1. The lowest BCUT2D eigenvalue weighted by Gasteiger charge is -2.11. The molecule has 29 heavy (non-hydrogen) atoms. The van der Waals surface area contributed by atoms with Crippen LogP contribution in [0.3, 0.4) is 0 Å². The summed E-state index contributed by atoms with van der Waals surface area (Å²) in [7, 11) is 1.54. The van der Waals surface area contributed by atoms with Gasteiger partial charge in [-0.05, 0) is 18.6 Å². The second-order valence-electron chi connectivity index (χ2n) is 6.73. The third kappa shape index (κ3) is 3.17. The molecule has 0 amide bonds. The smallest absolute Gasteiger partial charge is 0.261 e. The molecule has 0 aliphatic rings. The predicted octanol–water partition coefficient (Wildman–Crippen LogP) is 2.53. The Kier molecular flexibility index (Phi) is 4.85. The van der Waals surface area contributed by atoms with E-state index in [4.69, 9.17) is 20.3 Å². The van der Waals surface area contributed by atoms with Crippen LogP contribution in [-0.4, -0.2) is 40.2 Å². The monoisotopic (exact) mass is 394 g/mol. The van der Waals surface area contributed by atoms with Gasteiger partial charge in [0.25, 0.3) is 5.56 Å². The fraction of sp³-hybridized carbons (Fsp3) is 0.238. The maximum absolute atomic E-state index is 12.8. The fourth-order valence-electron chi connectivity index (χ4n) is 3.41. The molecule has 0 saturated heterocycles. The molecule has 0 aliphatic carbocycles. The third-order valence-electron chi connectivity index (χ3n) is 4.85. The van der Waals surface area contributed by atoms with E-state index in [9.17, 15) is 4.79 Å². The van der Waals surface area contributed by atoms with Crippen molar-refractivity contribution in [1.82, 2.24) is 14.8 Å². The Hall–Kier alpha value is -3.52. The van der Waals surface area contributed by atoms with Gasteiger partial charge in [0.05, 0.1) is 30.3 Å². The number of hydrogen-bond acceptors (Lipinski definition) is 6. The molecule has 2 aromatic carbocycles. The molecule has 8 nitrogen and oxygen atoms in total. The van der Waals surface area contributed by atoms with Crippen LogP contribution in [0.1, 0.15) is 12.0 Å². The lowest BCUT2D eigenvalue weighted by Crippen LogP contribution is -2.09. The summed E-state index contributed by atoms with van der Waals surface area (Å²) >= 11 is 0. The first-order chi connectivity index (χ1) is 14.0. The van der Waals surface area contributed by atoms with Gasteiger partial charge in [0, 0.05) is 25.2 Å². The molecule has 0 fully saturated rings. The van der Waals surface area contributed by atoms with Crippen molar-refractivity contribution in [3.63, 3.8) is 0 Å². The number of fused-ring (bicyclic) bond motifs is 3. The van der Waals surface area contributed by atoms with Gasteiger partial charge in [0.15, 0.2) is 0 Å². The Labute approximate surface area is 166 Å². The van der Waals surface area contributed by atoms with Crippen LogP contribution in [-0.2, 0) is 0 Å². The van der Waals surface area contributed by atoms with Gasteiger partial charge in [-0.2, -0.15) is 5.10 Å². The van der Waals surface area contributed by atoms with Crippen LogP contribution in [0.15, 0.2) is 41.2 Å². The second kappa shape index (κ2) is 7.48. The topological polar surface area (TPSA) is 115 Å². The zero-order valence-corrected chi connectivity index (χ0v) is 16.2. The quantitative estimate of drug-likeness (QED) is 0.433. The van der Waals surface area contributed by atoms with E-state index in [1.54, 1.807) is 23.9 Å². The lowest BCUT2D eigenvalue weighted by molar-refractivity contribution is 0.234. The summed E-state index contributed by atoms with van der Waals surface area (Å²) in [5, 5.41) is 14.7. The highest BCUT2D eigenvalue weighted by molar-refractivity contribution is 6.10. The SMILES string of the molecule is COc1cc(OCCCO)c2c(c1)[nH]c(=O)c1c(N)n(-c3ccccc3C)nc12. The maximum atomic E-state index is 12.8. The van der Waals surface area contributed by atoms with Crippen LogP contribution in [0.2, 0.25) is 0 Å². The number of aromatic amines is 1. The van der Waals surface area contributed by atoms with Gasteiger partial charge >= 0.3 is 0 Å². The minimum absolute atomic E-state index is 0.0169. The van der Waals surface area contributed by atoms with Crippen LogP contribution in [0.5, 0.6) is 11.5 Å². The molecular formula is C21H22N4O4. The maximum Gasteiger partial charge on any atom is 0.261 e. The highest BCUT2D eigenvalue weighted by atomic mass is 16.5. The van der Waals surface area contributed by atoms with Gasteiger partial charge in [-0.3, -0.25) is 4.79 Å². The minimum Gasteiger partial charge on any atom is -0.497 e. The highest BCUT2D eigenvalue weighted by Crippen LogP contribution is 2.36. The number of aliphatic hydroxyl groups is 1. The van der Waals surface area contributed by atoms with E-state index in [2.05, 4.69) is 10.1 Å². The summed E-state index contributed by atoms with van der Waals surface area (Å²) in [5.41, 5.74) is 8.77. The average molecular weight is 394 g/mol. The fourth-order valence-corrected chi connectivity index (χ4v) is 3.41. The van der Waals surface area contributed by atoms with E-state index in [-0.39, 0.29) is 18.0 Å². The molecule has 0 bridgehead atoms. The van der Waals surface area contributed by atoms with Crippen molar-refractivity contribution in [1.29, 1.82) is 0 Å². The van der Waals surface area contributed by atoms with Crippen molar-refractivity contribution >= 4 is 27.6 Å². The summed E-state index contributed by atoms with van der Waals surface area (Å²) in [6.07, 6.45) is 0.477. The summed E-state index contributed by atoms with van der Waals surface area (Å²) in [6, 6.07) is 11.1. The number of anilines is 1. The third-order valence-corrected chi connectivity index (χ3v) is 4.85. The van der Waals surface area contributed by atoms with E-state index in [0.717, 1.165) is 11.3 Å². The number of benzene rings is 2. The number of ether oxygens (including phenoxy) is 2. The van der Waals surface area contributed by atoms with Crippen molar-refractivity contribution in [2.75, 3.05) is 26.1 Å². The zero-order valence-electron chi connectivity index (χ0n) is 16.2. The largest absolute Gasteiger partial charge is 0.497 e. The van der Waals surface area contributed by atoms with Crippen LogP contribution in [0, 0.1) is 6.92 Å². The number of nitrogen functional groups attached to an aromatic ring is 1. The number of aliphatic hydroxyl groups excluding tert-OH is 1. The Balaban J connectivity index is 2.05. The molecule has 4 N–H and O–H groups in total. The van der Waals surface area contributed by atoms with E-state index >= 15 is 0 Å². The van der Waals surface area contributed by atoms with Gasteiger partial charge in [0.1, 0.15) is 28.2 Å². The van der Waals surface area contributed by atoms with Gasteiger partial charge in [-0.15, -0.1) is 0 Å². The number of hydrogen-bond donors (Lipinski definition) is 3. The standard InChI is InChI=1S/C21H22N4O4/c1-12-6-3-4-7-15(12)25-20(22)18-19(24-25)17-14(23-21(18)27)10-13(28-2)11-16(17)29-9-5-8-26/h3-4,6-7,10-11,26H,5,8-9,22H2,1-2H3,(H,23,27). The van der Waals surface area contributed by atoms with Crippen LogP contribution < -0.4 is 20.8 Å². The first kappa shape index (κ1) is 18.8. The Morgan fingerprint density at radius 2 is 2.03 bits per heavy atom. The lowest BCUT2D eigenvalue weighted by atomic mass is 10.1. The summed E-state index contributed by atoms with van der Waals surface area (Å²) in [4.78, 5) is 15.7. The Morgan fingerprint density at radius 3 is 2.76 bits per heavy atom. The molecule has 0 radical (unpaired) electrons. The molecule has 150 valence electrons. The number of aryl methyl sites for hydroxylation is 1. The molecule has 8 heteroatoms. The Morgan fingerprint density at radius 1 is 1.24 bits per heavy atom. The van der Waals surface area contributed by atoms with Gasteiger partial charge in [-0.1, -0.05) is 18.2 Å². The first-order valence-corrected chi connectivity index (χ1v) is 9.27. The van der Waals surface area contributed by atoms with Gasteiger partial charge in [0.2, 0.25) is 0 Å². The molecule has 0 saturated carbocycles. The van der Waals surface area contributed by atoms with Crippen molar-refractivity contribution in [3.8, 4) is 17.2 Å². The van der Waals surface area contributed by atoms with Crippen LogP contribution in [0.25, 0.3) is 27.5 Å². The number of rotatable bonds is 6. The van der Waals surface area contributed by atoms with E-state index in [0.29, 0.717) is 46.3 Å². The van der Waals surface area contributed by atoms with Gasteiger partial charge < -0.3 is 25.3 Å². The molecule has 0 aliphatic heterocycles. The zero-order chi connectivity index (χ0) is 20.5. The molecule has 4 aromatic rings. The molecule has 0 atom stereocenters. The summed E-state index contributed by atoms with van der Waals surface area (Å²) in [6.45, 7) is 2.29. The number of pyridine rings is 1. The van der Waals surface area contributed by atoms with E-state index in [1.807, 2.05) is 31.2 Å². The Bertz CT molecular complexity index is 1260. The van der Waals surface area contributed by atoms with Crippen LogP contribution >= 0.6 is 0 Å². The predicted molar refractivity (Wildman–Crippen MR) is 112 cm³/mol. The summed E-state index contributed by atoms with van der Waals surface area (Å²) in [5.74, 6) is 1.30. The van der Waals surface area contributed by atoms with E-state index < -0.39 is 0 Å². The van der Waals surface area contributed by atoms with E-state index in [1.165, 1.54) is 0 Å².